The van der Waals surface area contributed by atoms with Crippen LogP contribution in [0.1, 0.15) is 30.4 Å². The fourth-order valence-corrected chi connectivity index (χ4v) is 1.54. The van der Waals surface area contributed by atoms with E-state index in [0.717, 1.165) is 11.1 Å². The first-order valence-corrected chi connectivity index (χ1v) is 6.32. The Bertz CT molecular complexity index is 484. The number of rotatable bonds is 5. The molecule has 1 aromatic carbocycles. The van der Waals surface area contributed by atoms with Crippen LogP contribution in [0, 0.1) is 18.8 Å². The Morgan fingerprint density at radius 3 is 2.65 bits per heavy atom. The minimum Gasteiger partial charge on any atom is -0.494 e. The molecular formula is C15H17F3O2. The quantitative estimate of drug-likeness (QED) is 0.663. The van der Waals surface area contributed by atoms with Crippen molar-refractivity contribution >= 4 is 0 Å². The highest BCUT2D eigenvalue weighted by Gasteiger charge is 2.26. The highest BCUT2D eigenvalue weighted by molar-refractivity contribution is 5.44. The zero-order valence-corrected chi connectivity index (χ0v) is 11.3. The Morgan fingerprint density at radius 2 is 2.05 bits per heavy atom. The van der Waals surface area contributed by atoms with Crippen LogP contribution in [-0.4, -0.2) is 24.5 Å². The average Bonchev–Trinajstić information content (AvgIpc) is 2.36. The molecule has 0 amide bonds. The van der Waals surface area contributed by atoms with Gasteiger partial charge in [-0.05, 0) is 37.1 Å². The van der Waals surface area contributed by atoms with Gasteiger partial charge in [-0.15, -0.1) is 0 Å². The van der Waals surface area contributed by atoms with Crippen LogP contribution in [0.25, 0.3) is 0 Å². The summed E-state index contributed by atoms with van der Waals surface area (Å²) in [5.41, 5.74) is 1.71. The first-order valence-electron chi connectivity index (χ1n) is 6.32. The Balaban J connectivity index is 2.50. The van der Waals surface area contributed by atoms with Crippen LogP contribution in [0.5, 0.6) is 5.75 Å². The molecule has 0 aliphatic rings. The van der Waals surface area contributed by atoms with E-state index in [0.29, 0.717) is 12.2 Å². The second kappa shape index (κ2) is 7.81. The van der Waals surface area contributed by atoms with Gasteiger partial charge in [-0.3, -0.25) is 0 Å². The van der Waals surface area contributed by atoms with Crippen LogP contribution < -0.4 is 4.74 Å². The summed E-state index contributed by atoms with van der Waals surface area (Å²) in [6.45, 7) is 1.91. The largest absolute Gasteiger partial charge is 0.494 e. The van der Waals surface area contributed by atoms with Gasteiger partial charge in [-0.1, -0.05) is 11.8 Å². The van der Waals surface area contributed by atoms with Crippen LogP contribution in [0.15, 0.2) is 18.2 Å². The van der Waals surface area contributed by atoms with E-state index < -0.39 is 12.6 Å². The Morgan fingerprint density at radius 1 is 1.30 bits per heavy atom. The van der Waals surface area contributed by atoms with E-state index in [9.17, 15) is 13.2 Å². The molecule has 20 heavy (non-hydrogen) atoms. The summed E-state index contributed by atoms with van der Waals surface area (Å²) in [5, 5.41) is 8.63. The summed E-state index contributed by atoms with van der Waals surface area (Å²) < 4.78 is 41.1. The van der Waals surface area contributed by atoms with Crippen molar-refractivity contribution in [3.63, 3.8) is 0 Å². The lowest BCUT2D eigenvalue weighted by molar-refractivity contribution is -0.136. The molecule has 0 fully saturated rings. The summed E-state index contributed by atoms with van der Waals surface area (Å²) in [4.78, 5) is 0. The topological polar surface area (TPSA) is 29.5 Å². The van der Waals surface area contributed by atoms with Crippen molar-refractivity contribution in [1.29, 1.82) is 0 Å². The summed E-state index contributed by atoms with van der Waals surface area (Å²) in [5.74, 6) is 6.27. The van der Waals surface area contributed by atoms with Crippen molar-refractivity contribution in [2.75, 3.05) is 13.2 Å². The van der Waals surface area contributed by atoms with E-state index in [-0.39, 0.29) is 19.6 Å². The van der Waals surface area contributed by atoms with E-state index in [1.807, 2.05) is 6.92 Å². The summed E-state index contributed by atoms with van der Waals surface area (Å²) in [6.07, 6.45) is -4.61. The van der Waals surface area contributed by atoms with Gasteiger partial charge in [0, 0.05) is 18.4 Å². The van der Waals surface area contributed by atoms with E-state index in [1.54, 1.807) is 18.2 Å². The maximum absolute atomic E-state index is 12.0. The molecule has 2 nitrogen and oxygen atoms in total. The van der Waals surface area contributed by atoms with Gasteiger partial charge in [0.2, 0.25) is 0 Å². The van der Waals surface area contributed by atoms with Gasteiger partial charge in [0.25, 0.3) is 0 Å². The van der Waals surface area contributed by atoms with Gasteiger partial charge >= 0.3 is 6.18 Å². The van der Waals surface area contributed by atoms with Gasteiger partial charge < -0.3 is 9.84 Å². The first-order chi connectivity index (χ1) is 9.42. The third-order valence-corrected chi connectivity index (χ3v) is 2.53. The molecule has 0 bridgehead atoms. The average molecular weight is 286 g/mol. The highest BCUT2D eigenvalue weighted by Crippen LogP contribution is 2.22. The second-order valence-electron chi connectivity index (χ2n) is 4.32. The molecule has 5 heteroatoms. The summed E-state index contributed by atoms with van der Waals surface area (Å²) in [7, 11) is 0. The zero-order valence-electron chi connectivity index (χ0n) is 11.3. The molecule has 0 saturated carbocycles. The van der Waals surface area contributed by atoms with Crippen molar-refractivity contribution in [3.8, 4) is 17.6 Å². The van der Waals surface area contributed by atoms with E-state index in [2.05, 4.69) is 11.8 Å². The van der Waals surface area contributed by atoms with Gasteiger partial charge in [-0.2, -0.15) is 13.2 Å². The van der Waals surface area contributed by atoms with Crippen molar-refractivity contribution in [3.05, 3.63) is 29.3 Å². The number of halogens is 3. The van der Waals surface area contributed by atoms with E-state index in [4.69, 9.17) is 9.84 Å². The third-order valence-electron chi connectivity index (χ3n) is 2.53. The smallest absolute Gasteiger partial charge is 0.389 e. The molecular weight excluding hydrogens is 269 g/mol. The predicted octanol–water partition coefficient (Wildman–Crippen LogP) is 3.45. The standard InChI is InChI=1S/C15H17F3O2/c1-12-11-14(20-10-4-8-15(16,17)18)7-6-13(12)5-2-3-9-19/h6-7,11,19H,3-4,8-10H2,1H3. The molecule has 0 radical (unpaired) electrons. The van der Waals surface area contributed by atoms with Gasteiger partial charge in [-0.25, -0.2) is 0 Å². The lowest BCUT2D eigenvalue weighted by Gasteiger charge is -2.09. The molecule has 0 unspecified atom stereocenters. The minimum absolute atomic E-state index is 0.0203. The van der Waals surface area contributed by atoms with Gasteiger partial charge in [0.15, 0.2) is 0 Å². The SMILES string of the molecule is Cc1cc(OCCCC(F)(F)F)ccc1C#CCCO. The number of ether oxygens (including phenoxy) is 1. The highest BCUT2D eigenvalue weighted by atomic mass is 19.4. The molecule has 0 aliphatic carbocycles. The Hall–Kier alpha value is -1.67. The number of aliphatic hydroxyl groups excluding tert-OH is 1. The number of alkyl halides is 3. The molecule has 1 rings (SSSR count). The number of aryl methyl sites for hydroxylation is 1. The van der Waals surface area contributed by atoms with Crippen LogP contribution in [0.3, 0.4) is 0 Å². The summed E-state index contributed by atoms with van der Waals surface area (Å²) in [6, 6.07) is 5.19. The van der Waals surface area contributed by atoms with Crippen molar-refractivity contribution < 1.29 is 23.0 Å². The second-order valence-corrected chi connectivity index (χ2v) is 4.32. The molecule has 0 spiro atoms. The molecule has 1 N–H and O–H groups in total. The van der Waals surface area contributed by atoms with Crippen LogP contribution in [0.2, 0.25) is 0 Å². The monoisotopic (exact) mass is 286 g/mol. The van der Waals surface area contributed by atoms with Crippen LogP contribution in [0.4, 0.5) is 13.2 Å². The Kier molecular flexibility index (Phi) is 6.40. The lowest BCUT2D eigenvalue weighted by Crippen LogP contribution is -2.09. The van der Waals surface area contributed by atoms with E-state index >= 15 is 0 Å². The fourth-order valence-electron chi connectivity index (χ4n) is 1.54. The fraction of sp³-hybridized carbons (Fsp3) is 0.467. The predicted molar refractivity (Wildman–Crippen MR) is 70.5 cm³/mol. The lowest BCUT2D eigenvalue weighted by atomic mass is 10.1. The molecule has 110 valence electrons. The Labute approximate surface area is 116 Å². The van der Waals surface area contributed by atoms with Crippen molar-refractivity contribution in [2.24, 2.45) is 0 Å². The maximum Gasteiger partial charge on any atom is 0.389 e. The molecule has 0 atom stereocenters. The number of hydrogen-bond donors (Lipinski definition) is 1. The van der Waals surface area contributed by atoms with Crippen molar-refractivity contribution in [2.45, 2.75) is 32.4 Å². The van der Waals surface area contributed by atoms with Gasteiger partial charge in [0.05, 0.1) is 13.2 Å². The van der Waals surface area contributed by atoms with Gasteiger partial charge in [0.1, 0.15) is 5.75 Å². The molecule has 0 aromatic heterocycles. The number of aliphatic hydroxyl groups is 1. The summed E-state index contributed by atoms with van der Waals surface area (Å²) >= 11 is 0. The van der Waals surface area contributed by atoms with Crippen LogP contribution >= 0.6 is 0 Å². The van der Waals surface area contributed by atoms with Crippen LogP contribution in [-0.2, 0) is 0 Å². The molecule has 1 aromatic rings. The van der Waals surface area contributed by atoms with E-state index in [1.165, 1.54) is 0 Å². The van der Waals surface area contributed by atoms with Crippen molar-refractivity contribution in [1.82, 2.24) is 0 Å². The molecule has 0 heterocycles. The minimum atomic E-state index is -4.13. The number of benzene rings is 1. The molecule has 0 aliphatic heterocycles. The number of hydrogen-bond acceptors (Lipinski definition) is 2. The first kappa shape index (κ1) is 16.4. The third kappa shape index (κ3) is 6.48. The normalized spacial score (nSPS) is 10.8. The maximum atomic E-state index is 12.0. The molecule has 0 saturated heterocycles. The zero-order chi connectivity index (χ0) is 15.0.